The van der Waals surface area contributed by atoms with Crippen molar-refractivity contribution in [2.75, 3.05) is 33.1 Å². The minimum absolute atomic E-state index is 0.193. The molecule has 0 amide bonds. The van der Waals surface area contributed by atoms with Gasteiger partial charge in [0.05, 0.1) is 44.1 Å². The highest BCUT2D eigenvalue weighted by molar-refractivity contribution is 7.18. The Kier molecular flexibility index (Phi) is 6.62. The lowest BCUT2D eigenvalue weighted by Gasteiger charge is -2.24. The van der Waals surface area contributed by atoms with Crippen LogP contribution in [0.15, 0.2) is 18.2 Å². The van der Waals surface area contributed by atoms with E-state index >= 15 is 0 Å². The van der Waals surface area contributed by atoms with Crippen LogP contribution in [0.25, 0.3) is 0 Å². The van der Waals surface area contributed by atoms with E-state index < -0.39 is 5.97 Å². The van der Waals surface area contributed by atoms with Crippen molar-refractivity contribution in [3.8, 4) is 17.6 Å². The van der Waals surface area contributed by atoms with Crippen molar-refractivity contribution in [1.29, 1.82) is 5.26 Å². The van der Waals surface area contributed by atoms with E-state index in [2.05, 4.69) is 6.07 Å². The first-order chi connectivity index (χ1) is 14.0. The number of hydrogen-bond donors (Lipinski definition) is 2. The molecule has 2 heterocycles. The molecule has 0 radical (unpaired) electrons. The highest BCUT2D eigenvalue weighted by Crippen LogP contribution is 2.34. The third-order valence-corrected chi connectivity index (χ3v) is 6.35. The summed E-state index contributed by atoms with van der Waals surface area (Å²) in [6.45, 7) is 3.50. The van der Waals surface area contributed by atoms with Gasteiger partial charge in [-0.2, -0.15) is 5.26 Å². The highest BCUT2D eigenvalue weighted by atomic mass is 32.1. The molecule has 154 valence electrons. The van der Waals surface area contributed by atoms with Crippen LogP contribution in [-0.2, 0) is 11.3 Å². The Morgan fingerprint density at radius 2 is 2.17 bits per heavy atom. The molecule has 2 aromatic rings. The largest absolute Gasteiger partial charge is 0.497 e. The number of carbonyl (C=O) groups is 1. The van der Waals surface area contributed by atoms with Gasteiger partial charge in [0.15, 0.2) is 0 Å². The third kappa shape index (κ3) is 4.16. The summed E-state index contributed by atoms with van der Waals surface area (Å²) in [5, 5.41) is 9.97. The van der Waals surface area contributed by atoms with E-state index in [-0.39, 0.29) is 12.6 Å². The maximum Gasteiger partial charge on any atom is 0.348 e. The summed E-state index contributed by atoms with van der Waals surface area (Å²) in [5.74, 6) is 1.11. The second kappa shape index (κ2) is 9.16. The van der Waals surface area contributed by atoms with Crippen LogP contribution < -0.4 is 20.1 Å². The fourth-order valence-corrected chi connectivity index (χ4v) is 4.90. The van der Waals surface area contributed by atoms with Crippen molar-refractivity contribution < 1.29 is 23.9 Å². The Morgan fingerprint density at radius 1 is 1.38 bits per heavy atom. The summed E-state index contributed by atoms with van der Waals surface area (Å²) in [6.07, 6.45) is 2.04. The zero-order chi connectivity index (χ0) is 21.0. The van der Waals surface area contributed by atoms with E-state index in [1.54, 1.807) is 21.1 Å². The van der Waals surface area contributed by atoms with Crippen LogP contribution in [0.1, 0.15) is 52.2 Å². The van der Waals surface area contributed by atoms with Crippen molar-refractivity contribution in [3.05, 3.63) is 39.8 Å². The molecule has 1 fully saturated rings. The Morgan fingerprint density at radius 3 is 2.83 bits per heavy atom. The van der Waals surface area contributed by atoms with Gasteiger partial charge in [-0.05, 0) is 19.1 Å². The number of methoxy groups -OCH3 is 2. The molecule has 7 nitrogen and oxygen atoms in total. The summed E-state index contributed by atoms with van der Waals surface area (Å²) in [4.78, 5) is 14.1. The van der Waals surface area contributed by atoms with Gasteiger partial charge in [0.25, 0.3) is 0 Å². The first kappa shape index (κ1) is 21.0. The number of nitrogens with two attached hydrogens (primary N) is 1. The predicted octanol–water partition coefficient (Wildman–Crippen LogP) is 2.32. The minimum atomic E-state index is -0.419. The van der Waals surface area contributed by atoms with Crippen LogP contribution >= 0.6 is 11.3 Å². The van der Waals surface area contributed by atoms with Crippen molar-refractivity contribution in [2.24, 2.45) is 0 Å². The van der Waals surface area contributed by atoms with Gasteiger partial charge in [0, 0.05) is 18.9 Å². The molecule has 1 saturated heterocycles. The van der Waals surface area contributed by atoms with Crippen LogP contribution in [0.3, 0.4) is 0 Å². The van der Waals surface area contributed by atoms with Gasteiger partial charge in [-0.3, -0.25) is 0 Å². The number of ether oxygens (including phenoxy) is 3. The van der Waals surface area contributed by atoms with Gasteiger partial charge in [-0.25, -0.2) is 4.79 Å². The first-order valence-electron chi connectivity index (χ1n) is 9.58. The number of nitrogen functional groups attached to an aromatic ring is 1. The summed E-state index contributed by atoms with van der Waals surface area (Å²) in [5.41, 5.74) is 8.20. The van der Waals surface area contributed by atoms with Crippen molar-refractivity contribution >= 4 is 22.3 Å². The molecule has 8 heteroatoms. The van der Waals surface area contributed by atoms with Crippen LogP contribution in [0.4, 0.5) is 5.00 Å². The first-order valence-corrected chi connectivity index (χ1v) is 10.4. The second-order valence-electron chi connectivity index (χ2n) is 6.87. The fourth-order valence-electron chi connectivity index (χ4n) is 3.97. The summed E-state index contributed by atoms with van der Waals surface area (Å²) in [7, 11) is 3.28. The molecule has 3 rings (SSSR count). The molecular formula is C21H26N3O4S+. The van der Waals surface area contributed by atoms with Crippen LogP contribution in [0.5, 0.6) is 11.5 Å². The Bertz CT molecular complexity index is 935. The third-order valence-electron chi connectivity index (χ3n) is 5.31. The number of carbonyl (C=O) groups excluding carboxylic acids is 1. The summed E-state index contributed by atoms with van der Waals surface area (Å²) in [6, 6.07) is 8.22. The number of rotatable bonds is 7. The summed E-state index contributed by atoms with van der Waals surface area (Å²) < 4.78 is 16.1. The number of anilines is 1. The smallest absolute Gasteiger partial charge is 0.348 e. The molecule has 0 saturated carbocycles. The molecule has 1 aromatic heterocycles. The predicted molar refractivity (Wildman–Crippen MR) is 110 cm³/mol. The average Bonchev–Trinajstić information content (AvgIpc) is 3.31. The normalized spacial score (nSPS) is 18.3. The number of nitrogens with zero attached hydrogens (tertiary/aromatic N) is 1. The van der Waals surface area contributed by atoms with Gasteiger partial charge in [0.1, 0.15) is 40.0 Å². The van der Waals surface area contributed by atoms with Crippen LogP contribution in [0.2, 0.25) is 0 Å². The van der Waals surface area contributed by atoms with Crippen molar-refractivity contribution in [1.82, 2.24) is 0 Å². The monoisotopic (exact) mass is 416 g/mol. The topological polar surface area (TPSA) is 99.0 Å². The standard InChI is InChI=1S/C21H25N3O4S/c1-4-28-21(25)19-16(15(11-22)20(23)29-19)12-24-9-5-6-17(24)14-8-7-13(26-2)10-18(14)27-3/h7-8,10,17H,4-6,9,12,23H2,1-3H3/p+1/t17-/m0/s1. The maximum absolute atomic E-state index is 12.4. The SMILES string of the molecule is CCOC(=O)c1sc(N)c(C#N)c1C[NH+]1CCC[C@H]1c1ccc(OC)cc1OC. The van der Waals surface area contributed by atoms with E-state index in [0.29, 0.717) is 27.5 Å². The number of nitrogens with one attached hydrogen (secondary N) is 1. The zero-order valence-corrected chi connectivity index (χ0v) is 17.7. The molecule has 1 aliphatic rings. The van der Waals surface area contributed by atoms with E-state index in [9.17, 15) is 10.1 Å². The number of hydrogen-bond acceptors (Lipinski definition) is 7. The van der Waals surface area contributed by atoms with Crippen LogP contribution in [-0.4, -0.2) is 33.3 Å². The maximum atomic E-state index is 12.4. The minimum Gasteiger partial charge on any atom is -0.497 e. The quantitative estimate of drug-likeness (QED) is 0.672. The van der Waals surface area contributed by atoms with E-state index in [4.69, 9.17) is 19.9 Å². The molecule has 3 N–H and O–H groups in total. The van der Waals surface area contributed by atoms with Gasteiger partial charge < -0.3 is 24.8 Å². The average molecular weight is 417 g/mol. The Labute approximate surface area is 174 Å². The lowest BCUT2D eigenvalue weighted by Crippen LogP contribution is -3.09. The van der Waals surface area contributed by atoms with Crippen molar-refractivity contribution in [2.45, 2.75) is 32.4 Å². The number of esters is 1. The highest BCUT2D eigenvalue weighted by Gasteiger charge is 2.35. The Balaban J connectivity index is 1.95. The number of nitriles is 1. The number of quaternary nitrogens is 1. The Hall–Kier alpha value is -2.76. The van der Waals surface area contributed by atoms with E-state index in [1.807, 2.05) is 18.2 Å². The lowest BCUT2D eigenvalue weighted by atomic mass is 10.0. The number of benzene rings is 1. The van der Waals surface area contributed by atoms with Gasteiger partial charge in [0.2, 0.25) is 0 Å². The van der Waals surface area contributed by atoms with Crippen molar-refractivity contribution in [3.63, 3.8) is 0 Å². The van der Waals surface area contributed by atoms with Gasteiger partial charge in [-0.15, -0.1) is 11.3 Å². The lowest BCUT2D eigenvalue weighted by molar-refractivity contribution is -0.932. The molecule has 1 unspecified atom stereocenters. The zero-order valence-electron chi connectivity index (χ0n) is 16.9. The van der Waals surface area contributed by atoms with Gasteiger partial charge >= 0.3 is 5.97 Å². The molecule has 0 aliphatic carbocycles. The second-order valence-corrected chi connectivity index (χ2v) is 7.92. The summed E-state index contributed by atoms with van der Waals surface area (Å²) >= 11 is 1.13. The molecule has 1 aromatic carbocycles. The molecular weight excluding hydrogens is 390 g/mol. The fraction of sp³-hybridized carbons (Fsp3) is 0.429. The van der Waals surface area contributed by atoms with E-state index in [0.717, 1.165) is 47.8 Å². The number of thiophene rings is 1. The van der Waals surface area contributed by atoms with E-state index in [1.165, 1.54) is 4.90 Å². The van der Waals surface area contributed by atoms with Gasteiger partial charge in [-0.1, -0.05) is 0 Å². The molecule has 2 atom stereocenters. The molecule has 29 heavy (non-hydrogen) atoms. The molecule has 0 spiro atoms. The number of likely N-dealkylation sites (tertiary alicyclic amines) is 1. The molecule has 0 bridgehead atoms. The molecule has 1 aliphatic heterocycles. The van der Waals surface area contributed by atoms with Crippen LogP contribution in [0, 0.1) is 11.3 Å².